The molecule has 0 radical (unpaired) electrons. The van der Waals surface area contributed by atoms with Crippen LogP contribution < -0.4 is 14.8 Å². The van der Waals surface area contributed by atoms with E-state index in [0.29, 0.717) is 34.5 Å². The van der Waals surface area contributed by atoms with Gasteiger partial charge in [0.2, 0.25) is 5.91 Å². The maximum atomic E-state index is 12.5. The summed E-state index contributed by atoms with van der Waals surface area (Å²) in [5, 5.41) is 11.9. The average Bonchev–Trinajstić information content (AvgIpc) is 3.11. The lowest BCUT2D eigenvalue weighted by molar-refractivity contribution is -0.122. The lowest BCUT2D eigenvalue weighted by Gasteiger charge is -2.44. The number of rotatable bonds is 6. The standard InChI is InChI=1S/C20H29N5O3/c1-27-18-10-15-16(11-19(18)28-2)23-25(22-15)13-20(26)21-12-14-6-5-9-24-8-4-3-7-17(14)24/h10-11,14,17H,3-9,12-13H2,1-2H3,(H,21,26)/t14-,17+/m0/s1. The van der Waals surface area contributed by atoms with Gasteiger partial charge in [0.05, 0.1) is 14.2 Å². The minimum atomic E-state index is -0.0489. The molecule has 8 nitrogen and oxygen atoms in total. The first-order valence-corrected chi connectivity index (χ1v) is 10.2. The van der Waals surface area contributed by atoms with Gasteiger partial charge in [0.15, 0.2) is 11.5 Å². The molecule has 0 unspecified atom stereocenters. The zero-order valence-electron chi connectivity index (χ0n) is 16.7. The Bertz CT molecular complexity index is 794. The molecule has 1 aromatic carbocycles. The van der Waals surface area contributed by atoms with Crippen molar-refractivity contribution in [3.8, 4) is 11.5 Å². The van der Waals surface area contributed by atoms with Crippen molar-refractivity contribution < 1.29 is 14.3 Å². The summed E-state index contributed by atoms with van der Waals surface area (Å²) in [5.41, 5.74) is 1.35. The molecule has 0 bridgehead atoms. The molecule has 0 spiro atoms. The van der Waals surface area contributed by atoms with E-state index >= 15 is 0 Å². The second-order valence-corrected chi connectivity index (χ2v) is 7.73. The molecule has 0 saturated carbocycles. The second-order valence-electron chi connectivity index (χ2n) is 7.73. The van der Waals surface area contributed by atoms with Crippen LogP contribution in [0.25, 0.3) is 11.0 Å². The first-order valence-electron chi connectivity index (χ1n) is 10.2. The fourth-order valence-corrected chi connectivity index (χ4v) is 4.60. The number of fused-ring (bicyclic) bond motifs is 2. The van der Waals surface area contributed by atoms with Crippen molar-refractivity contribution in [3.63, 3.8) is 0 Å². The summed E-state index contributed by atoms with van der Waals surface area (Å²) >= 11 is 0. The van der Waals surface area contributed by atoms with Crippen molar-refractivity contribution in [3.05, 3.63) is 12.1 Å². The number of nitrogens with one attached hydrogen (secondary N) is 1. The number of benzene rings is 1. The van der Waals surface area contributed by atoms with Crippen LogP contribution in [0, 0.1) is 5.92 Å². The van der Waals surface area contributed by atoms with Gasteiger partial charge in [-0.25, -0.2) is 0 Å². The summed E-state index contributed by atoms with van der Waals surface area (Å²) in [6.07, 6.45) is 6.31. The predicted molar refractivity (Wildman–Crippen MR) is 106 cm³/mol. The van der Waals surface area contributed by atoms with Crippen LogP contribution in [0.15, 0.2) is 12.1 Å². The number of carbonyl (C=O) groups is 1. The summed E-state index contributed by atoms with van der Waals surface area (Å²) in [5.74, 6) is 1.70. The molecule has 3 heterocycles. The Morgan fingerprint density at radius 3 is 2.43 bits per heavy atom. The van der Waals surface area contributed by atoms with E-state index in [1.165, 1.54) is 50.0 Å². The van der Waals surface area contributed by atoms with Crippen LogP contribution in [-0.2, 0) is 11.3 Å². The lowest BCUT2D eigenvalue weighted by Crippen LogP contribution is -2.51. The normalized spacial score (nSPS) is 22.6. The number of methoxy groups -OCH3 is 2. The molecule has 1 amide bonds. The van der Waals surface area contributed by atoms with E-state index < -0.39 is 0 Å². The van der Waals surface area contributed by atoms with Crippen LogP contribution in [0.4, 0.5) is 0 Å². The van der Waals surface area contributed by atoms with E-state index in [-0.39, 0.29) is 12.5 Å². The quantitative estimate of drug-likeness (QED) is 0.814. The maximum absolute atomic E-state index is 12.5. The number of hydrogen-bond acceptors (Lipinski definition) is 6. The van der Waals surface area contributed by atoms with E-state index in [1.54, 1.807) is 26.4 Å². The molecular formula is C20H29N5O3. The predicted octanol–water partition coefficient (Wildman–Crippen LogP) is 1.83. The lowest BCUT2D eigenvalue weighted by atomic mass is 9.83. The molecule has 2 atom stereocenters. The summed E-state index contributed by atoms with van der Waals surface area (Å²) in [7, 11) is 3.17. The Morgan fingerprint density at radius 1 is 1.07 bits per heavy atom. The Labute approximate surface area is 165 Å². The number of nitrogens with zero attached hydrogens (tertiary/aromatic N) is 4. The average molecular weight is 387 g/mol. The van der Waals surface area contributed by atoms with Gasteiger partial charge in [0.1, 0.15) is 17.6 Å². The zero-order chi connectivity index (χ0) is 19.5. The highest BCUT2D eigenvalue weighted by Crippen LogP contribution is 2.31. The Balaban J connectivity index is 1.37. The number of aromatic nitrogens is 3. The molecule has 28 heavy (non-hydrogen) atoms. The molecule has 2 aliphatic rings. The van der Waals surface area contributed by atoms with Crippen molar-refractivity contribution in [2.45, 2.75) is 44.7 Å². The summed E-state index contributed by atoms with van der Waals surface area (Å²) in [6, 6.07) is 4.18. The van der Waals surface area contributed by atoms with Gasteiger partial charge in [-0.3, -0.25) is 4.79 Å². The van der Waals surface area contributed by atoms with Gasteiger partial charge < -0.3 is 19.7 Å². The van der Waals surface area contributed by atoms with Crippen LogP contribution in [0.1, 0.15) is 32.1 Å². The van der Waals surface area contributed by atoms with Crippen LogP contribution in [-0.4, -0.2) is 65.7 Å². The smallest absolute Gasteiger partial charge is 0.243 e. The second kappa shape index (κ2) is 8.34. The number of ether oxygens (including phenoxy) is 2. The molecular weight excluding hydrogens is 358 g/mol. The molecule has 2 fully saturated rings. The van der Waals surface area contributed by atoms with E-state index in [2.05, 4.69) is 20.4 Å². The maximum Gasteiger partial charge on any atom is 0.243 e. The van der Waals surface area contributed by atoms with Crippen molar-refractivity contribution in [1.82, 2.24) is 25.2 Å². The van der Waals surface area contributed by atoms with E-state index in [9.17, 15) is 4.79 Å². The third kappa shape index (κ3) is 3.92. The van der Waals surface area contributed by atoms with E-state index in [1.807, 2.05) is 0 Å². The van der Waals surface area contributed by atoms with Gasteiger partial charge >= 0.3 is 0 Å². The molecule has 152 valence electrons. The topological polar surface area (TPSA) is 81.5 Å². The van der Waals surface area contributed by atoms with Crippen LogP contribution >= 0.6 is 0 Å². The third-order valence-electron chi connectivity index (χ3n) is 6.00. The van der Waals surface area contributed by atoms with Gasteiger partial charge in [-0.05, 0) is 44.7 Å². The minimum Gasteiger partial charge on any atom is -0.493 e. The minimum absolute atomic E-state index is 0.0489. The molecule has 4 rings (SSSR count). The highest BCUT2D eigenvalue weighted by molar-refractivity contribution is 5.79. The Hall–Kier alpha value is -2.35. The Kier molecular flexibility index (Phi) is 5.66. The first kappa shape index (κ1) is 19.0. The largest absolute Gasteiger partial charge is 0.493 e. The van der Waals surface area contributed by atoms with Gasteiger partial charge in [-0.2, -0.15) is 15.0 Å². The number of piperidine rings is 2. The van der Waals surface area contributed by atoms with Gasteiger partial charge in [0.25, 0.3) is 0 Å². The first-order chi connectivity index (χ1) is 13.7. The molecule has 2 aromatic rings. The summed E-state index contributed by atoms with van der Waals surface area (Å²) in [4.78, 5) is 16.5. The van der Waals surface area contributed by atoms with Gasteiger partial charge in [0, 0.05) is 24.7 Å². The highest BCUT2D eigenvalue weighted by Gasteiger charge is 2.32. The SMILES string of the molecule is COc1cc2nn(CC(=O)NC[C@@H]3CCCN4CCCC[C@H]34)nc2cc1OC. The van der Waals surface area contributed by atoms with Crippen LogP contribution in [0.2, 0.25) is 0 Å². The summed E-state index contributed by atoms with van der Waals surface area (Å²) < 4.78 is 10.6. The number of hydrogen-bond donors (Lipinski definition) is 1. The molecule has 0 aliphatic carbocycles. The van der Waals surface area contributed by atoms with Crippen LogP contribution in [0.5, 0.6) is 11.5 Å². The number of carbonyl (C=O) groups excluding carboxylic acids is 1. The van der Waals surface area contributed by atoms with E-state index in [0.717, 1.165) is 6.54 Å². The zero-order valence-corrected chi connectivity index (χ0v) is 16.7. The van der Waals surface area contributed by atoms with Crippen LogP contribution in [0.3, 0.4) is 0 Å². The monoisotopic (exact) mass is 387 g/mol. The summed E-state index contributed by atoms with van der Waals surface area (Å²) in [6.45, 7) is 3.28. The van der Waals surface area contributed by atoms with Gasteiger partial charge in [-0.15, -0.1) is 0 Å². The fraction of sp³-hybridized carbons (Fsp3) is 0.650. The molecule has 2 saturated heterocycles. The molecule has 1 N–H and O–H groups in total. The van der Waals surface area contributed by atoms with Crippen molar-refractivity contribution in [2.24, 2.45) is 5.92 Å². The van der Waals surface area contributed by atoms with Crippen molar-refractivity contribution in [1.29, 1.82) is 0 Å². The fourth-order valence-electron chi connectivity index (χ4n) is 4.60. The van der Waals surface area contributed by atoms with Crippen molar-refractivity contribution in [2.75, 3.05) is 33.9 Å². The highest BCUT2D eigenvalue weighted by atomic mass is 16.5. The Morgan fingerprint density at radius 2 is 1.75 bits per heavy atom. The van der Waals surface area contributed by atoms with Crippen molar-refractivity contribution >= 4 is 16.9 Å². The number of amides is 1. The third-order valence-corrected chi connectivity index (χ3v) is 6.00. The molecule has 1 aromatic heterocycles. The van der Waals surface area contributed by atoms with Gasteiger partial charge in [-0.1, -0.05) is 6.42 Å². The molecule has 2 aliphatic heterocycles. The van der Waals surface area contributed by atoms with E-state index in [4.69, 9.17) is 9.47 Å². The molecule has 8 heteroatoms.